The van der Waals surface area contributed by atoms with Crippen LogP contribution in [0, 0.1) is 0 Å². The molecule has 0 aliphatic carbocycles. The van der Waals surface area contributed by atoms with Crippen LogP contribution in [0.3, 0.4) is 0 Å². The zero-order valence-corrected chi connectivity index (χ0v) is 10.8. The number of hydrogen-bond acceptors (Lipinski definition) is 2. The summed E-state index contributed by atoms with van der Waals surface area (Å²) in [5.41, 5.74) is 8.35. The number of ether oxygens (including phenoxy) is 1. The highest BCUT2D eigenvalue weighted by molar-refractivity contribution is 6.32. The number of methoxy groups -OCH3 is 1. The lowest BCUT2D eigenvalue weighted by molar-refractivity contribution is 0.415. The summed E-state index contributed by atoms with van der Waals surface area (Å²) in [7, 11) is 1.65. The summed E-state index contributed by atoms with van der Waals surface area (Å²) in [5, 5.41) is 0.653. The summed E-state index contributed by atoms with van der Waals surface area (Å²) in [6.07, 6.45) is 3.96. The molecule has 2 N–H and O–H groups in total. The van der Waals surface area contributed by atoms with Crippen molar-refractivity contribution in [2.24, 2.45) is 0 Å². The van der Waals surface area contributed by atoms with E-state index >= 15 is 0 Å². The van der Waals surface area contributed by atoms with Gasteiger partial charge in [-0.05, 0) is 35.4 Å². The zero-order valence-electron chi connectivity index (χ0n) is 10.1. The third-order valence-corrected chi connectivity index (χ3v) is 2.92. The fourth-order valence-electron chi connectivity index (χ4n) is 1.58. The number of halogens is 1. The first kappa shape index (κ1) is 12.5. The highest BCUT2D eigenvalue weighted by Gasteiger charge is 1.97. The lowest BCUT2D eigenvalue weighted by atomic mass is 10.1. The second-order valence-electron chi connectivity index (χ2n) is 3.89. The molecule has 0 aromatic heterocycles. The molecular formula is C15H14ClNO. The number of hydrogen-bond donors (Lipinski definition) is 1. The lowest BCUT2D eigenvalue weighted by Crippen LogP contribution is -1.85. The molecule has 2 rings (SSSR count). The van der Waals surface area contributed by atoms with Crippen molar-refractivity contribution in [3.05, 3.63) is 58.6 Å². The van der Waals surface area contributed by atoms with Crippen molar-refractivity contribution in [3.63, 3.8) is 0 Å². The number of anilines is 1. The summed E-state index contributed by atoms with van der Waals surface area (Å²) in [6.45, 7) is 0. The standard InChI is InChI=1S/C15H14ClNO/c1-18-14-8-3-11(4-9-14)2-5-12-6-7-13(17)10-15(12)16/h2-10H,17H2,1H3. The van der Waals surface area contributed by atoms with Gasteiger partial charge in [0.2, 0.25) is 0 Å². The molecular weight excluding hydrogens is 246 g/mol. The van der Waals surface area contributed by atoms with E-state index in [1.165, 1.54) is 0 Å². The number of rotatable bonds is 3. The monoisotopic (exact) mass is 259 g/mol. The average molecular weight is 260 g/mol. The number of nitrogen functional groups attached to an aromatic ring is 1. The van der Waals surface area contributed by atoms with E-state index in [-0.39, 0.29) is 0 Å². The van der Waals surface area contributed by atoms with E-state index in [0.717, 1.165) is 16.9 Å². The Bertz CT molecular complexity index is 561. The Labute approximate surface area is 112 Å². The van der Waals surface area contributed by atoms with Gasteiger partial charge in [-0.2, -0.15) is 0 Å². The normalized spacial score (nSPS) is 10.8. The van der Waals surface area contributed by atoms with Gasteiger partial charge in [-0.1, -0.05) is 42.0 Å². The molecule has 2 nitrogen and oxygen atoms in total. The average Bonchev–Trinajstić information content (AvgIpc) is 2.38. The quantitative estimate of drug-likeness (QED) is 0.665. The summed E-state index contributed by atoms with van der Waals surface area (Å²) in [6, 6.07) is 13.3. The molecule has 0 radical (unpaired) electrons. The number of nitrogens with two attached hydrogens (primary N) is 1. The van der Waals surface area contributed by atoms with Crippen molar-refractivity contribution in [1.29, 1.82) is 0 Å². The van der Waals surface area contributed by atoms with Crippen molar-refractivity contribution in [2.45, 2.75) is 0 Å². The molecule has 0 saturated heterocycles. The van der Waals surface area contributed by atoms with Gasteiger partial charge in [-0.15, -0.1) is 0 Å². The van der Waals surface area contributed by atoms with E-state index in [1.807, 2.05) is 48.6 Å². The zero-order chi connectivity index (χ0) is 13.0. The van der Waals surface area contributed by atoms with Gasteiger partial charge in [0, 0.05) is 10.7 Å². The summed E-state index contributed by atoms with van der Waals surface area (Å²) < 4.78 is 5.11. The van der Waals surface area contributed by atoms with Gasteiger partial charge in [0.1, 0.15) is 5.75 Å². The SMILES string of the molecule is COc1ccc(C=Cc2ccc(N)cc2Cl)cc1. The second-order valence-corrected chi connectivity index (χ2v) is 4.29. The van der Waals surface area contributed by atoms with Gasteiger partial charge >= 0.3 is 0 Å². The van der Waals surface area contributed by atoms with Crippen LogP contribution >= 0.6 is 11.6 Å². The fourth-order valence-corrected chi connectivity index (χ4v) is 1.83. The van der Waals surface area contributed by atoms with Crippen LogP contribution in [-0.4, -0.2) is 7.11 Å². The topological polar surface area (TPSA) is 35.2 Å². The predicted octanol–water partition coefficient (Wildman–Crippen LogP) is 4.10. The predicted molar refractivity (Wildman–Crippen MR) is 77.8 cm³/mol. The molecule has 0 bridgehead atoms. The minimum Gasteiger partial charge on any atom is -0.497 e. The van der Waals surface area contributed by atoms with Gasteiger partial charge in [-0.3, -0.25) is 0 Å². The van der Waals surface area contributed by atoms with E-state index < -0.39 is 0 Å². The molecule has 0 aliphatic heterocycles. The Balaban J connectivity index is 2.19. The van der Waals surface area contributed by atoms with Crippen molar-refractivity contribution < 1.29 is 4.74 Å². The Morgan fingerprint density at radius 3 is 2.39 bits per heavy atom. The van der Waals surface area contributed by atoms with Crippen LogP contribution in [0.4, 0.5) is 5.69 Å². The molecule has 2 aromatic carbocycles. The molecule has 2 aromatic rings. The van der Waals surface area contributed by atoms with Gasteiger partial charge in [0.05, 0.1) is 7.11 Å². The molecule has 0 saturated carbocycles. The minimum atomic E-state index is 0.653. The van der Waals surface area contributed by atoms with Crippen LogP contribution in [-0.2, 0) is 0 Å². The molecule has 92 valence electrons. The maximum atomic E-state index is 6.09. The molecule has 0 spiro atoms. The Hall–Kier alpha value is -1.93. The number of benzene rings is 2. The second kappa shape index (κ2) is 5.61. The highest BCUT2D eigenvalue weighted by atomic mass is 35.5. The van der Waals surface area contributed by atoms with E-state index in [2.05, 4.69) is 0 Å². The molecule has 0 amide bonds. The van der Waals surface area contributed by atoms with Crippen molar-refractivity contribution >= 4 is 29.4 Å². The molecule has 0 unspecified atom stereocenters. The molecule has 0 fully saturated rings. The maximum absolute atomic E-state index is 6.09. The van der Waals surface area contributed by atoms with E-state index in [4.69, 9.17) is 22.1 Å². The maximum Gasteiger partial charge on any atom is 0.118 e. The first-order valence-corrected chi connectivity index (χ1v) is 5.94. The summed E-state index contributed by atoms with van der Waals surface area (Å²) in [5.74, 6) is 0.845. The summed E-state index contributed by atoms with van der Waals surface area (Å²) in [4.78, 5) is 0. The van der Waals surface area contributed by atoms with Crippen LogP contribution in [0.25, 0.3) is 12.2 Å². The Morgan fingerprint density at radius 1 is 1.06 bits per heavy atom. The van der Waals surface area contributed by atoms with Crippen molar-refractivity contribution in [2.75, 3.05) is 12.8 Å². The molecule has 3 heteroatoms. The van der Waals surface area contributed by atoms with Crippen LogP contribution < -0.4 is 10.5 Å². The van der Waals surface area contributed by atoms with E-state index in [1.54, 1.807) is 13.2 Å². The third kappa shape index (κ3) is 3.05. The van der Waals surface area contributed by atoms with Gasteiger partial charge in [0.15, 0.2) is 0 Å². The van der Waals surface area contributed by atoms with Crippen LogP contribution in [0.1, 0.15) is 11.1 Å². The Kier molecular flexibility index (Phi) is 3.90. The smallest absolute Gasteiger partial charge is 0.118 e. The molecule has 0 aliphatic rings. The summed E-state index contributed by atoms with van der Waals surface area (Å²) >= 11 is 6.09. The van der Waals surface area contributed by atoms with E-state index in [0.29, 0.717) is 10.7 Å². The first-order chi connectivity index (χ1) is 8.69. The van der Waals surface area contributed by atoms with Crippen LogP contribution in [0.5, 0.6) is 5.75 Å². The third-order valence-electron chi connectivity index (χ3n) is 2.60. The largest absolute Gasteiger partial charge is 0.497 e. The van der Waals surface area contributed by atoms with E-state index in [9.17, 15) is 0 Å². The lowest BCUT2D eigenvalue weighted by Gasteiger charge is -2.01. The minimum absolute atomic E-state index is 0.653. The highest BCUT2D eigenvalue weighted by Crippen LogP contribution is 2.21. The van der Waals surface area contributed by atoms with Gasteiger partial charge in [-0.25, -0.2) is 0 Å². The van der Waals surface area contributed by atoms with Gasteiger partial charge in [0.25, 0.3) is 0 Å². The van der Waals surface area contributed by atoms with Crippen LogP contribution in [0.2, 0.25) is 5.02 Å². The first-order valence-electron chi connectivity index (χ1n) is 5.56. The van der Waals surface area contributed by atoms with Gasteiger partial charge < -0.3 is 10.5 Å². The van der Waals surface area contributed by atoms with Crippen LogP contribution in [0.15, 0.2) is 42.5 Å². The molecule has 0 atom stereocenters. The molecule has 0 heterocycles. The molecule has 18 heavy (non-hydrogen) atoms. The van der Waals surface area contributed by atoms with Crippen molar-refractivity contribution in [3.8, 4) is 5.75 Å². The Morgan fingerprint density at radius 2 is 1.78 bits per heavy atom. The van der Waals surface area contributed by atoms with Crippen molar-refractivity contribution in [1.82, 2.24) is 0 Å². The fraction of sp³-hybridized carbons (Fsp3) is 0.0667.